The van der Waals surface area contributed by atoms with Crippen molar-refractivity contribution in [2.24, 2.45) is 17.3 Å². The Morgan fingerprint density at radius 2 is 1.77 bits per heavy atom. The number of aliphatic hydroxyl groups is 1. The molecule has 0 amide bonds. The summed E-state index contributed by atoms with van der Waals surface area (Å²) >= 11 is 0. The molecule has 0 unspecified atom stereocenters. The number of aliphatic hydroxyl groups excluding tert-OH is 1. The minimum atomic E-state index is -0.896. The first kappa shape index (κ1) is 8.22. The quantitative estimate of drug-likeness (QED) is 0.663. The van der Waals surface area contributed by atoms with E-state index in [-0.39, 0.29) is 12.0 Å². The van der Waals surface area contributed by atoms with Crippen LogP contribution < -0.4 is 0 Å². The summed E-state index contributed by atoms with van der Waals surface area (Å²) in [6, 6.07) is 0. The van der Waals surface area contributed by atoms with Gasteiger partial charge in [-0.05, 0) is 55.8 Å². The van der Waals surface area contributed by atoms with Gasteiger partial charge in [-0.25, -0.2) is 4.39 Å². The van der Waals surface area contributed by atoms with Crippen molar-refractivity contribution in [3.05, 3.63) is 0 Å². The predicted octanol–water partition coefficient (Wildman–Crippen LogP) is 2.29. The normalized spacial score (nSPS) is 58.6. The monoisotopic (exact) mass is 184 g/mol. The van der Waals surface area contributed by atoms with Gasteiger partial charge in [0.05, 0.1) is 0 Å². The Morgan fingerprint density at radius 1 is 1.15 bits per heavy atom. The van der Waals surface area contributed by atoms with Gasteiger partial charge in [0.15, 0.2) is 0 Å². The number of rotatable bonds is 1. The van der Waals surface area contributed by atoms with Crippen molar-refractivity contribution in [1.29, 1.82) is 0 Å². The van der Waals surface area contributed by atoms with Crippen molar-refractivity contribution in [2.75, 3.05) is 6.61 Å². The number of halogens is 1. The van der Waals surface area contributed by atoms with Crippen LogP contribution in [0, 0.1) is 17.3 Å². The SMILES string of the molecule is OCC12C[C@@H]3C[C@H](CC(F)(C3)C1)C2. The fourth-order valence-corrected chi connectivity index (χ4v) is 4.52. The fourth-order valence-electron chi connectivity index (χ4n) is 4.52. The molecule has 4 aliphatic rings. The summed E-state index contributed by atoms with van der Waals surface area (Å²) in [6.07, 6.45) is 5.62. The lowest BCUT2D eigenvalue weighted by Gasteiger charge is -2.58. The molecule has 4 aliphatic carbocycles. The van der Waals surface area contributed by atoms with Gasteiger partial charge in [-0.2, -0.15) is 0 Å². The summed E-state index contributed by atoms with van der Waals surface area (Å²) in [6.45, 7) is 0.214. The number of alkyl halides is 1. The zero-order valence-corrected chi connectivity index (χ0v) is 7.93. The van der Waals surface area contributed by atoms with E-state index in [0.29, 0.717) is 18.3 Å². The van der Waals surface area contributed by atoms with E-state index >= 15 is 0 Å². The van der Waals surface area contributed by atoms with E-state index in [2.05, 4.69) is 0 Å². The molecule has 1 N–H and O–H groups in total. The van der Waals surface area contributed by atoms with Gasteiger partial charge < -0.3 is 5.11 Å². The van der Waals surface area contributed by atoms with Gasteiger partial charge in [0.1, 0.15) is 5.67 Å². The molecule has 4 fully saturated rings. The summed E-state index contributed by atoms with van der Waals surface area (Å²) in [4.78, 5) is 0. The van der Waals surface area contributed by atoms with Gasteiger partial charge in [0.2, 0.25) is 0 Å². The Morgan fingerprint density at radius 3 is 2.23 bits per heavy atom. The molecule has 4 saturated carbocycles. The Kier molecular flexibility index (Phi) is 1.44. The molecule has 0 aliphatic heterocycles. The minimum Gasteiger partial charge on any atom is -0.396 e. The first-order chi connectivity index (χ1) is 6.13. The second kappa shape index (κ2) is 2.28. The van der Waals surface area contributed by atoms with Gasteiger partial charge >= 0.3 is 0 Å². The molecule has 0 heterocycles. The van der Waals surface area contributed by atoms with Crippen LogP contribution in [0.2, 0.25) is 0 Å². The average Bonchev–Trinajstić information content (AvgIpc) is 1.99. The largest absolute Gasteiger partial charge is 0.396 e. The summed E-state index contributed by atoms with van der Waals surface area (Å²) in [5.41, 5.74) is -0.911. The molecule has 4 bridgehead atoms. The Bertz CT molecular complexity index is 224. The maximum atomic E-state index is 14.2. The van der Waals surface area contributed by atoms with Crippen LogP contribution in [0.1, 0.15) is 38.5 Å². The zero-order chi connectivity index (χ0) is 9.10. The van der Waals surface area contributed by atoms with E-state index in [1.807, 2.05) is 0 Å². The molecule has 0 aromatic rings. The molecule has 13 heavy (non-hydrogen) atoms. The molecule has 0 saturated heterocycles. The van der Waals surface area contributed by atoms with Crippen LogP contribution in [0.3, 0.4) is 0 Å². The zero-order valence-electron chi connectivity index (χ0n) is 7.93. The highest BCUT2D eigenvalue weighted by atomic mass is 19.1. The van der Waals surface area contributed by atoms with Gasteiger partial charge in [-0.1, -0.05) is 0 Å². The van der Waals surface area contributed by atoms with Crippen molar-refractivity contribution in [2.45, 2.75) is 44.2 Å². The fraction of sp³-hybridized carbons (Fsp3) is 1.00. The van der Waals surface area contributed by atoms with E-state index in [9.17, 15) is 9.50 Å². The van der Waals surface area contributed by atoms with E-state index in [1.165, 1.54) is 6.42 Å². The van der Waals surface area contributed by atoms with Gasteiger partial charge in [0.25, 0.3) is 0 Å². The summed E-state index contributed by atoms with van der Waals surface area (Å²) in [5, 5.41) is 9.38. The molecule has 2 heteroatoms. The highest BCUT2D eigenvalue weighted by molar-refractivity contribution is 5.08. The third kappa shape index (κ3) is 1.08. The molecular weight excluding hydrogens is 167 g/mol. The van der Waals surface area contributed by atoms with Crippen LogP contribution in [0.5, 0.6) is 0 Å². The molecule has 0 aromatic heterocycles. The second-order valence-electron chi connectivity index (χ2n) is 5.77. The lowest BCUT2D eigenvalue weighted by molar-refractivity contribution is -0.139. The van der Waals surface area contributed by atoms with Crippen LogP contribution >= 0.6 is 0 Å². The van der Waals surface area contributed by atoms with E-state index in [1.54, 1.807) is 0 Å². The van der Waals surface area contributed by atoms with Gasteiger partial charge in [0, 0.05) is 6.61 Å². The maximum absolute atomic E-state index is 14.2. The summed E-state index contributed by atoms with van der Waals surface area (Å²) in [5.74, 6) is 1.16. The topological polar surface area (TPSA) is 20.2 Å². The Hall–Kier alpha value is -0.110. The second-order valence-corrected chi connectivity index (χ2v) is 5.77. The lowest BCUT2D eigenvalue weighted by Crippen LogP contribution is -2.54. The van der Waals surface area contributed by atoms with Gasteiger partial charge in [-0.15, -0.1) is 0 Å². The van der Waals surface area contributed by atoms with Gasteiger partial charge in [-0.3, -0.25) is 0 Å². The Balaban J connectivity index is 1.95. The van der Waals surface area contributed by atoms with Crippen molar-refractivity contribution < 1.29 is 9.50 Å². The highest BCUT2D eigenvalue weighted by Gasteiger charge is 2.57. The molecule has 2 atom stereocenters. The first-order valence-corrected chi connectivity index (χ1v) is 5.43. The Labute approximate surface area is 78.3 Å². The first-order valence-electron chi connectivity index (χ1n) is 5.43. The molecule has 74 valence electrons. The highest BCUT2D eigenvalue weighted by Crippen LogP contribution is 2.62. The molecule has 0 spiro atoms. The number of hydrogen-bond donors (Lipinski definition) is 1. The number of hydrogen-bond acceptors (Lipinski definition) is 1. The van der Waals surface area contributed by atoms with Crippen molar-refractivity contribution in [1.82, 2.24) is 0 Å². The molecule has 0 radical (unpaired) electrons. The average molecular weight is 184 g/mol. The predicted molar refractivity (Wildman–Crippen MR) is 48.0 cm³/mol. The summed E-state index contributed by atoms with van der Waals surface area (Å²) in [7, 11) is 0. The lowest BCUT2D eigenvalue weighted by atomic mass is 9.49. The van der Waals surface area contributed by atoms with E-state index < -0.39 is 5.67 Å². The van der Waals surface area contributed by atoms with E-state index in [4.69, 9.17) is 0 Å². The van der Waals surface area contributed by atoms with Crippen molar-refractivity contribution >= 4 is 0 Å². The smallest absolute Gasteiger partial charge is 0.112 e. The van der Waals surface area contributed by atoms with Crippen LogP contribution in [0.25, 0.3) is 0 Å². The molecule has 1 nitrogen and oxygen atoms in total. The van der Waals surface area contributed by atoms with Crippen molar-refractivity contribution in [3.63, 3.8) is 0 Å². The standard InChI is InChI=1S/C11H17FO/c12-11-4-8-1-9(5-11)3-10(2-8,6-11)7-13/h8-9,13H,1-7H2/t8-,9-,10?,11?/m0/s1. The van der Waals surface area contributed by atoms with Crippen LogP contribution in [0.15, 0.2) is 0 Å². The maximum Gasteiger partial charge on any atom is 0.112 e. The van der Waals surface area contributed by atoms with Crippen LogP contribution in [-0.4, -0.2) is 17.4 Å². The van der Waals surface area contributed by atoms with Crippen LogP contribution in [0.4, 0.5) is 4.39 Å². The summed E-state index contributed by atoms with van der Waals surface area (Å²) < 4.78 is 14.2. The molecular formula is C11H17FO. The minimum absolute atomic E-state index is 0.0150. The van der Waals surface area contributed by atoms with Crippen molar-refractivity contribution in [3.8, 4) is 0 Å². The third-order valence-electron chi connectivity index (χ3n) is 4.45. The molecule has 4 rings (SSSR count). The third-order valence-corrected chi connectivity index (χ3v) is 4.45. The molecule has 0 aromatic carbocycles. The van der Waals surface area contributed by atoms with Crippen LogP contribution in [-0.2, 0) is 0 Å². The van der Waals surface area contributed by atoms with E-state index in [0.717, 1.165) is 25.7 Å².